The van der Waals surface area contributed by atoms with Crippen LogP contribution in [0.25, 0.3) is 0 Å². The average Bonchev–Trinajstić information content (AvgIpc) is 2.81. The van der Waals surface area contributed by atoms with E-state index in [1.54, 1.807) is 0 Å². The lowest BCUT2D eigenvalue weighted by Gasteiger charge is -2.37. The zero-order chi connectivity index (χ0) is 21.9. The fourth-order valence-electron chi connectivity index (χ4n) is 6.44. The van der Waals surface area contributed by atoms with E-state index in [-0.39, 0.29) is 18.0 Å². The van der Waals surface area contributed by atoms with Gasteiger partial charge in [-0.25, -0.2) is 4.99 Å². The number of carbonyl (C=O) groups excluding carboxylic acids is 1. The molecule has 0 amide bonds. The lowest BCUT2D eigenvalue weighted by atomic mass is 9.68. The molecule has 0 aromatic rings. The smallest absolute Gasteiger partial charge is 0.309 e. The van der Waals surface area contributed by atoms with Crippen molar-refractivity contribution >= 4 is 23.3 Å². The van der Waals surface area contributed by atoms with Crippen LogP contribution >= 0.6 is 12.2 Å². The molecule has 0 aromatic heterocycles. The molecule has 0 heterocycles. The molecule has 31 heavy (non-hydrogen) atoms. The Morgan fingerprint density at radius 2 is 1.45 bits per heavy atom. The van der Waals surface area contributed by atoms with Crippen molar-refractivity contribution in [2.45, 2.75) is 135 Å². The maximum absolute atomic E-state index is 12.7. The van der Waals surface area contributed by atoms with E-state index in [0.717, 1.165) is 56.3 Å². The molecule has 0 aromatic carbocycles. The van der Waals surface area contributed by atoms with Crippen molar-refractivity contribution in [1.82, 2.24) is 0 Å². The van der Waals surface area contributed by atoms with Crippen LogP contribution in [0, 0.1) is 23.7 Å². The van der Waals surface area contributed by atoms with E-state index >= 15 is 0 Å². The van der Waals surface area contributed by atoms with Crippen LogP contribution < -0.4 is 0 Å². The molecular weight excluding hydrogens is 402 g/mol. The molecule has 0 radical (unpaired) electrons. The monoisotopic (exact) mass is 447 g/mol. The highest BCUT2D eigenvalue weighted by molar-refractivity contribution is 7.78. The molecular formula is C27H45NO2S. The number of hydrogen-bond donors (Lipinski definition) is 0. The molecule has 4 heteroatoms. The van der Waals surface area contributed by atoms with Gasteiger partial charge in [0.25, 0.3) is 0 Å². The summed E-state index contributed by atoms with van der Waals surface area (Å²) in [5.74, 6) is 3.00. The van der Waals surface area contributed by atoms with Gasteiger partial charge in [0.1, 0.15) is 6.10 Å². The van der Waals surface area contributed by atoms with Crippen molar-refractivity contribution in [2.75, 3.05) is 0 Å². The molecule has 0 bridgehead atoms. The van der Waals surface area contributed by atoms with Crippen molar-refractivity contribution in [3.63, 3.8) is 0 Å². The first-order chi connectivity index (χ1) is 15.2. The molecule has 0 spiro atoms. The second-order valence-electron chi connectivity index (χ2n) is 10.7. The third-order valence-electron chi connectivity index (χ3n) is 8.54. The predicted octanol–water partition coefficient (Wildman–Crippen LogP) is 7.92. The first-order valence-corrected chi connectivity index (χ1v) is 13.9. The van der Waals surface area contributed by atoms with Crippen LogP contribution in [0.5, 0.6) is 0 Å². The minimum Gasteiger partial charge on any atom is -0.462 e. The SMILES string of the molecule is CCCCCCCC1CCC(C2CCC(C(=O)OC3CCC(N=C=S)CC3)CC2)CC1. The summed E-state index contributed by atoms with van der Waals surface area (Å²) >= 11 is 4.71. The summed E-state index contributed by atoms with van der Waals surface area (Å²) < 4.78 is 5.89. The quantitative estimate of drug-likeness (QED) is 0.148. The highest BCUT2D eigenvalue weighted by Crippen LogP contribution is 2.42. The summed E-state index contributed by atoms with van der Waals surface area (Å²) in [5, 5.41) is 2.49. The summed E-state index contributed by atoms with van der Waals surface area (Å²) in [5.41, 5.74) is 0. The van der Waals surface area contributed by atoms with E-state index in [4.69, 9.17) is 17.0 Å². The summed E-state index contributed by atoms with van der Waals surface area (Å²) in [6.45, 7) is 2.29. The predicted molar refractivity (Wildman–Crippen MR) is 131 cm³/mol. The van der Waals surface area contributed by atoms with E-state index in [9.17, 15) is 4.79 Å². The van der Waals surface area contributed by atoms with Gasteiger partial charge < -0.3 is 4.74 Å². The highest BCUT2D eigenvalue weighted by atomic mass is 32.1. The molecule has 0 atom stereocenters. The molecule has 3 fully saturated rings. The summed E-state index contributed by atoms with van der Waals surface area (Å²) in [6.07, 6.45) is 22.8. The number of aliphatic imine (C=N–C) groups is 1. The van der Waals surface area contributed by atoms with Gasteiger partial charge in [-0.05, 0) is 94.2 Å². The first kappa shape index (κ1) is 24.9. The van der Waals surface area contributed by atoms with Gasteiger partial charge in [-0.15, -0.1) is 0 Å². The zero-order valence-corrected chi connectivity index (χ0v) is 20.7. The standard InChI is InChI=1S/C27H45NO2S/c1-2-3-4-5-6-7-21-8-10-22(11-9-21)23-12-14-24(15-13-23)27(29)30-26-18-16-25(17-19-26)28-20-31/h21-26H,2-19H2,1H3. The van der Waals surface area contributed by atoms with E-state index in [1.165, 1.54) is 77.0 Å². The summed E-state index contributed by atoms with van der Waals surface area (Å²) in [7, 11) is 0. The number of hydrogen-bond acceptors (Lipinski definition) is 4. The molecule has 176 valence electrons. The van der Waals surface area contributed by atoms with Crippen LogP contribution in [-0.4, -0.2) is 23.3 Å². The van der Waals surface area contributed by atoms with Gasteiger partial charge in [0.15, 0.2) is 0 Å². The number of rotatable bonds is 10. The lowest BCUT2D eigenvalue weighted by Crippen LogP contribution is -2.32. The molecule has 3 nitrogen and oxygen atoms in total. The van der Waals surface area contributed by atoms with E-state index < -0.39 is 0 Å². The third kappa shape index (κ3) is 8.28. The van der Waals surface area contributed by atoms with Gasteiger partial charge in [0.2, 0.25) is 0 Å². The second kappa shape index (κ2) is 13.7. The normalized spacial score (nSPS) is 34.0. The number of isothiocyanates is 1. The largest absolute Gasteiger partial charge is 0.462 e. The summed E-state index contributed by atoms with van der Waals surface area (Å²) in [6, 6.07) is 0.291. The van der Waals surface area contributed by atoms with Crippen molar-refractivity contribution in [3.8, 4) is 0 Å². The molecule has 3 aliphatic carbocycles. The zero-order valence-electron chi connectivity index (χ0n) is 19.9. The first-order valence-electron chi connectivity index (χ1n) is 13.5. The minimum atomic E-state index is 0.0759. The number of nitrogens with zero attached hydrogens (tertiary/aromatic N) is 1. The number of thiocarbonyl (C=S) groups is 1. The minimum absolute atomic E-state index is 0.0759. The van der Waals surface area contributed by atoms with Gasteiger partial charge in [0, 0.05) is 0 Å². The Bertz CT molecular complexity index is 564. The van der Waals surface area contributed by atoms with Crippen molar-refractivity contribution < 1.29 is 9.53 Å². The Morgan fingerprint density at radius 3 is 2.06 bits per heavy atom. The van der Waals surface area contributed by atoms with Gasteiger partial charge in [-0.2, -0.15) is 0 Å². The van der Waals surface area contributed by atoms with Gasteiger partial charge in [-0.1, -0.05) is 58.3 Å². The second-order valence-corrected chi connectivity index (χ2v) is 10.9. The Balaban J connectivity index is 1.28. The number of unbranched alkanes of at least 4 members (excludes halogenated alkanes) is 4. The molecule has 3 saturated carbocycles. The van der Waals surface area contributed by atoms with Crippen molar-refractivity contribution in [3.05, 3.63) is 0 Å². The highest BCUT2D eigenvalue weighted by Gasteiger charge is 2.34. The van der Waals surface area contributed by atoms with E-state index in [2.05, 4.69) is 17.1 Å². The maximum atomic E-state index is 12.7. The van der Waals surface area contributed by atoms with Gasteiger partial charge in [-0.3, -0.25) is 4.79 Å². The van der Waals surface area contributed by atoms with Crippen LogP contribution in [0.2, 0.25) is 0 Å². The van der Waals surface area contributed by atoms with E-state index in [1.807, 2.05) is 0 Å². The van der Waals surface area contributed by atoms with Crippen LogP contribution in [0.3, 0.4) is 0 Å². The van der Waals surface area contributed by atoms with Crippen LogP contribution in [-0.2, 0) is 9.53 Å². The van der Waals surface area contributed by atoms with Crippen molar-refractivity contribution in [1.29, 1.82) is 0 Å². The van der Waals surface area contributed by atoms with Crippen LogP contribution in [0.1, 0.15) is 122 Å². The summed E-state index contributed by atoms with van der Waals surface area (Å²) in [4.78, 5) is 16.9. The number of ether oxygens (including phenoxy) is 1. The Labute approximate surface area is 196 Å². The molecule has 3 rings (SSSR count). The lowest BCUT2D eigenvalue weighted by molar-refractivity contribution is -0.157. The van der Waals surface area contributed by atoms with Crippen molar-refractivity contribution in [2.24, 2.45) is 28.7 Å². The Morgan fingerprint density at radius 1 is 0.839 bits per heavy atom. The Kier molecular flexibility index (Phi) is 11.0. The number of esters is 1. The van der Waals surface area contributed by atoms with Gasteiger partial charge in [0.05, 0.1) is 17.1 Å². The average molecular weight is 448 g/mol. The maximum Gasteiger partial charge on any atom is 0.309 e. The molecule has 0 unspecified atom stereocenters. The van der Waals surface area contributed by atoms with E-state index in [0.29, 0.717) is 6.04 Å². The molecule has 0 aliphatic heterocycles. The molecule has 0 saturated heterocycles. The molecule has 3 aliphatic rings. The Hall–Kier alpha value is -0.730. The fourth-order valence-corrected chi connectivity index (χ4v) is 6.59. The van der Waals surface area contributed by atoms with Crippen LogP contribution in [0.15, 0.2) is 4.99 Å². The van der Waals surface area contributed by atoms with Gasteiger partial charge >= 0.3 is 5.97 Å². The fraction of sp³-hybridized carbons (Fsp3) is 0.926. The number of carbonyl (C=O) groups is 1. The third-order valence-corrected chi connectivity index (χ3v) is 8.65. The topological polar surface area (TPSA) is 38.7 Å². The molecule has 0 N–H and O–H groups in total. The van der Waals surface area contributed by atoms with Crippen LogP contribution in [0.4, 0.5) is 0 Å².